The van der Waals surface area contributed by atoms with E-state index >= 15 is 0 Å². The summed E-state index contributed by atoms with van der Waals surface area (Å²) in [4.78, 5) is 25.8. The van der Waals surface area contributed by atoms with Crippen molar-refractivity contribution < 1.29 is 19.1 Å². The zero-order valence-electron chi connectivity index (χ0n) is 12.4. The second kappa shape index (κ2) is 5.00. The summed E-state index contributed by atoms with van der Waals surface area (Å²) in [7, 11) is 0. The summed E-state index contributed by atoms with van der Waals surface area (Å²) in [6, 6.07) is 1.99. The Morgan fingerprint density at radius 3 is 2.86 bits per heavy atom. The molecule has 0 radical (unpaired) electrons. The molecule has 1 atom stereocenters. The third-order valence-corrected chi connectivity index (χ3v) is 5.04. The first-order valence-corrected chi connectivity index (χ1v) is 7.80. The molecular formula is C15H19N3O4. The Morgan fingerprint density at radius 1 is 1.32 bits per heavy atom. The van der Waals surface area contributed by atoms with Gasteiger partial charge in [0.25, 0.3) is 0 Å². The summed E-state index contributed by atoms with van der Waals surface area (Å²) in [6.45, 7) is 2.38. The van der Waals surface area contributed by atoms with Crippen LogP contribution in [0.25, 0.3) is 0 Å². The van der Waals surface area contributed by atoms with Gasteiger partial charge in [-0.05, 0) is 12.5 Å². The van der Waals surface area contributed by atoms with Gasteiger partial charge in [-0.2, -0.15) is 5.10 Å². The fourth-order valence-corrected chi connectivity index (χ4v) is 3.64. The van der Waals surface area contributed by atoms with Gasteiger partial charge >= 0.3 is 6.16 Å². The molecule has 2 fully saturated rings. The average Bonchev–Trinajstić information content (AvgIpc) is 3.14. The summed E-state index contributed by atoms with van der Waals surface area (Å²) < 4.78 is 12.2. The number of hydrogen-bond donors (Lipinski definition) is 0. The van der Waals surface area contributed by atoms with E-state index in [1.54, 1.807) is 6.20 Å². The Morgan fingerprint density at radius 2 is 2.14 bits per heavy atom. The van der Waals surface area contributed by atoms with Gasteiger partial charge in [-0.25, -0.2) is 4.79 Å². The highest BCUT2D eigenvalue weighted by atomic mass is 16.8. The highest BCUT2D eigenvalue weighted by molar-refractivity contribution is 5.79. The van der Waals surface area contributed by atoms with Crippen LogP contribution < -0.4 is 0 Å². The van der Waals surface area contributed by atoms with Gasteiger partial charge in [0, 0.05) is 56.7 Å². The predicted octanol–water partition coefficient (Wildman–Crippen LogP) is 0.973. The van der Waals surface area contributed by atoms with E-state index in [0.29, 0.717) is 32.5 Å². The molecule has 0 bridgehead atoms. The highest BCUT2D eigenvalue weighted by Crippen LogP contribution is 2.33. The quantitative estimate of drug-likeness (QED) is 0.723. The number of hydrogen-bond acceptors (Lipinski definition) is 5. The molecule has 2 saturated heterocycles. The number of fused-ring (bicyclic) bond motifs is 1. The van der Waals surface area contributed by atoms with Crippen molar-refractivity contribution in [3.63, 3.8) is 0 Å². The Hall–Kier alpha value is -2.05. The first-order chi connectivity index (χ1) is 10.7. The molecule has 7 heteroatoms. The molecule has 4 rings (SSSR count). The van der Waals surface area contributed by atoms with E-state index in [0.717, 1.165) is 25.1 Å². The largest absolute Gasteiger partial charge is 0.509 e. The smallest absolute Gasteiger partial charge is 0.430 e. The van der Waals surface area contributed by atoms with Crippen LogP contribution in [0.15, 0.2) is 12.3 Å². The van der Waals surface area contributed by atoms with E-state index in [-0.39, 0.29) is 11.8 Å². The van der Waals surface area contributed by atoms with Crippen molar-refractivity contribution in [3.05, 3.63) is 18.0 Å². The SMILES string of the molecule is O=C1OCC2(CCN(C(=O)C3CCn4nccc4C3)CC2)O1. The molecule has 3 aliphatic rings. The van der Waals surface area contributed by atoms with Crippen molar-refractivity contribution >= 4 is 12.1 Å². The van der Waals surface area contributed by atoms with Gasteiger partial charge in [0.2, 0.25) is 5.91 Å². The lowest BCUT2D eigenvalue weighted by Crippen LogP contribution is -2.50. The normalized spacial score (nSPS) is 26.5. The van der Waals surface area contributed by atoms with Gasteiger partial charge in [-0.15, -0.1) is 0 Å². The number of carbonyl (C=O) groups excluding carboxylic acids is 2. The zero-order valence-corrected chi connectivity index (χ0v) is 12.4. The van der Waals surface area contributed by atoms with Gasteiger partial charge in [-0.3, -0.25) is 9.48 Å². The minimum Gasteiger partial charge on any atom is -0.430 e. The lowest BCUT2D eigenvalue weighted by molar-refractivity contribution is -0.139. The minimum absolute atomic E-state index is 0.0422. The van der Waals surface area contributed by atoms with Gasteiger partial charge in [0.05, 0.1) is 0 Å². The second-order valence-corrected chi connectivity index (χ2v) is 6.38. The fourth-order valence-electron chi connectivity index (χ4n) is 3.64. The maximum absolute atomic E-state index is 12.7. The number of aryl methyl sites for hydroxylation is 1. The van der Waals surface area contributed by atoms with Crippen molar-refractivity contribution in [2.45, 2.75) is 37.8 Å². The second-order valence-electron chi connectivity index (χ2n) is 6.38. The van der Waals surface area contributed by atoms with Crippen LogP contribution in [0.3, 0.4) is 0 Å². The van der Waals surface area contributed by atoms with Crippen molar-refractivity contribution in [1.29, 1.82) is 0 Å². The van der Waals surface area contributed by atoms with Gasteiger partial charge < -0.3 is 14.4 Å². The van der Waals surface area contributed by atoms with Gasteiger partial charge in [-0.1, -0.05) is 0 Å². The van der Waals surface area contributed by atoms with E-state index in [2.05, 4.69) is 5.10 Å². The Labute approximate surface area is 128 Å². The maximum atomic E-state index is 12.7. The zero-order chi connectivity index (χ0) is 15.2. The third kappa shape index (κ3) is 2.24. The number of carbonyl (C=O) groups is 2. The molecule has 7 nitrogen and oxygen atoms in total. The molecule has 0 N–H and O–H groups in total. The maximum Gasteiger partial charge on any atom is 0.509 e. The molecule has 0 aromatic carbocycles. The molecule has 118 valence electrons. The number of likely N-dealkylation sites (tertiary alicyclic amines) is 1. The summed E-state index contributed by atoms with van der Waals surface area (Å²) in [5.41, 5.74) is 0.634. The van der Waals surface area contributed by atoms with Crippen LogP contribution in [0.1, 0.15) is 25.0 Å². The minimum atomic E-state index is -0.583. The molecule has 1 amide bonds. The lowest BCUT2D eigenvalue weighted by Gasteiger charge is -2.38. The molecule has 1 spiro atoms. The van der Waals surface area contributed by atoms with E-state index in [1.165, 1.54) is 0 Å². The van der Waals surface area contributed by atoms with Crippen LogP contribution in [-0.4, -0.2) is 52.0 Å². The molecule has 0 aliphatic carbocycles. The molecule has 22 heavy (non-hydrogen) atoms. The number of ether oxygens (including phenoxy) is 2. The summed E-state index contributed by atoms with van der Waals surface area (Å²) in [5.74, 6) is 0.258. The lowest BCUT2D eigenvalue weighted by atomic mass is 9.89. The third-order valence-electron chi connectivity index (χ3n) is 5.04. The van der Waals surface area contributed by atoms with E-state index in [9.17, 15) is 9.59 Å². The van der Waals surface area contributed by atoms with E-state index in [4.69, 9.17) is 9.47 Å². The molecule has 4 heterocycles. The molecule has 1 aromatic rings. The van der Waals surface area contributed by atoms with Gasteiger partial charge in [0.1, 0.15) is 6.61 Å². The number of nitrogens with zero attached hydrogens (tertiary/aromatic N) is 3. The van der Waals surface area contributed by atoms with Crippen molar-refractivity contribution in [2.75, 3.05) is 19.7 Å². The van der Waals surface area contributed by atoms with Crippen LogP contribution in [-0.2, 0) is 27.2 Å². The monoisotopic (exact) mass is 305 g/mol. The average molecular weight is 305 g/mol. The van der Waals surface area contributed by atoms with Crippen molar-refractivity contribution in [2.24, 2.45) is 5.92 Å². The number of aromatic nitrogens is 2. The first-order valence-electron chi connectivity index (χ1n) is 7.80. The van der Waals surface area contributed by atoms with Gasteiger partial charge in [0.15, 0.2) is 5.60 Å². The Bertz CT molecular complexity index is 604. The topological polar surface area (TPSA) is 73.7 Å². The van der Waals surface area contributed by atoms with Crippen molar-refractivity contribution in [1.82, 2.24) is 14.7 Å². The van der Waals surface area contributed by atoms with Crippen LogP contribution in [0.5, 0.6) is 0 Å². The van der Waals surface area contributed by atoms with Crippen LogP contribution >= 0.6 is 0 Å². The van der Waals surface area contributed by atoms with E-state index < -0.39 is 11.8 Å². The molecule has 3 aliphatic heterocycles. The van der Waals surface area contributed by atoms with E-state index in [1.807, 2.05) is 15.6 Å². The molecular weight excluding hydrogens is 286 g/mol. The molecule has 1 aromatic heterocycles. The number of piperidine rings is 1. The fraction of sp³-hybridized carbons (Fsp3) is 0.667. The Balaban J connectivity index is 1.38. The predicted molar refractivity (Wildman–Crippen MR) is 75.0 cm³/mol. The number of cyclic esters (lactones) is 1. The summed E-state index contributed by atoms with van der Waals surface area (Å²) in [6.07, 6.45) is 4.14. The first kappa shape index (κ1) is 13.6. The van der Waals surface area contributed by atoms with Crippen LogP contribution in [0, 0.1) is 5.92 Å². The molecule has 0 saturated carbocycles. The summed E-state index contributed by atoms with van der Waals surface area (Å²) >= 11 is 0. The molecule has 1 unspecified atom stereocenters. The standard InChI is InChI=1S/C15H19N3O4/c19-13(11-2-6-18-12(9-11)1-5-16-18)17-7-3-15(4-8-17)10-21-14(20)22-15/h1,5,11H,2-4,6-10H2. The summed E-state index contributed by atoms with van der Waals surface area (Å²) in [5, 5.41) is 4.25. The van der Waals surface area contributed by atoms with Crippen LogP contribution in [0.2, 0.25) is 0 Å². The van der Waals surface area contributed by atoms with Crippen molar-refractivity contribution in [3.8, 4) is 0 Å². The van der Waals surface area contributed by atoms with Crippen LogP contribution in [0.4, 0.5) is 4.79 Å². The Kier molecular flexibility index (Phi) is 3.09. The highest BCUT2D eigenvalue weighted by Gasteiger charge is 2.46. The number of amides is 1. The number of rotatable bonds is 1.